The summed E-state index contributed by atoms with van der Waals surface area (Å²) in [7, 11) is 0. The van der Waals surface area contributed by atoms with Gasteiger partial charge in [0.1, 0.15) is 6.21 Å². The number of H-pyrrole nitrogens is 1. The molecule has 1 aromatic heterocycles. The third-order valence-corrected chi connectivity index (χ3v) is 2.39. The van der Waals surface area contributed by atoms with Crippen LogP contribution in [0.1, 0.15) is 5.56 Å². The van der Waals surface area contributed by atoms with E-state index in [4.69, 9.17) is 5.11 Å². The number of aromatic amines is 1. The zero-order valence-electron chi connectivity index (χ0n) is 8.68. The van der Waals surface area contributed by atoms with Crippen LogP contribution in [0, 0.1) is 0 Å². The third-order valence-electron chi connectivity index (χ3n) is 2.39. The second-order valence-corrected chi connectivity index (χ2v) is 3.48. The van der Waals surface area contributed by atoms with E-state index in [2.05, 4.69) is 9.98 Å². The number of aliphatic carboxylic acids is 1. The number of hydrogen-bond donors (Lipinski definition) is 2. The first kappa shape index (κ1) is 10.4. The summed E-state index contributed by atoms with van der Waals surface area (Å²) in [5, 5.41) is 9.56. The third kappa shape index (κ3) is 2.28. The molecule has 4 nitrogen and oxygen atoms in total. The first-order chi connectivity index (χ1) is 7.77. The average Bonchev–Trinajstić information content (AvgIpc) is 2.68. The molecule has 0 radical (unpaired) electrons. The van der Waals surface area contributed by atoms with Crippen LogP contribution in [0.25, 0.3) is 10.9 Å². The minimum absolute atomic E-state index is 0.494. The molecule has 0 bridgehead atoms. The maximum absolute atomic E-state index is 10.2. The van der Waals surface area contributed by atoms with Gasteiger partial charge in [0.05, 0.1) is 0 Å². The molecule has 2 rings (SSSR count). The first-order valence-corrected chi connectivity index (χ1v) is 5.05. The van der Waals surface area contributed by atoms with Crippen molar-refractivity contribution >= 4 is 23.1 Å². The van der Waals surface area contributed by atoms with Crippen molar-refractivity contribution in [3.05, 3.63) is 36.0 Å². The predicted molar refractivity (Wildman–Crippen MR) is 63.0 cm³/mol. The van der Waals surface area contributed by atoms with Crippen molar-refractivity contribution in [3.8, 4) is 0 Å². The Balaban J connectivity index is 2.07. The fourth-order valence-corrected chi connectivity index (χ4v) is 1.67. The molecule has 1 aromatic carbocycles. The monoisotopic (exact) mass is 216 g/mol. The highest BCUT2D eigenvalue weighted by Gasteiger charge is 2.01. The lowest BCUT2D eigenvalue weighted by molar-refractivity contribution is -0.128. The van der Waals surface area contributed by atoms with Crippen LogP contribution in [0.5, 0.6) is 0 Å². The number of carboxylic acid groups (broad SMARTS) is 1. The van der Waals surface area contributed by atoms with E-state index in [9.17, 15) is 4.79 Å². The largest absolute Gasteiger partial charge is 0.477 e. The maximum atomic E-state index is 10.2. The molecule has 0 atom stereocenters. The Kier molecular flexibility index (Phi) is 3.00. The van der Waals surface area contributed by atoms with Gasteiger partial charge in [0.15, 0.2) is 0 Å². The minimum Gasteiger partial charge on any atom is -0.477 e. The molecule has 0 aliphatic heterocycles. The van der Waals surface area contributed by atoms with E-state index in [-0.39, 0.29) is 0 Å². The highest BCUT2D eigenvalue weighted by Crippen LogP contribution is 2.17. The van der Waals surface area contributed by atoms with Crippen LogP contribution >= 0.6 is 0 Å². The average molecular weight is 216 g/mol. The fourth-order valence-electron chi connectivity index (χ4n) is 1.67. The molecule has 0 aliphatic carbocycles. The molecule has 0 saturated carbocycles. The highest BCUT2D eigenvalue weighted by atomic mass is 16.4. The summed E-state index contributed by atoms with van der Waals surface area (Å²) in [6, 6.07) is 8.02. The van der Waals surface area contributed by atoms with Crippen LogP contribution in [0.3, 0.4) is 0 Å². The van der Waals surface area contributed by atoms with Crippen LogP contribution in [-0.4, -0.2) is 28.8 Å². The van der Waals surface area contributed by atoms with E-state index in [1.807, 2.05) is 30.5 Å². The summed E-state index contributed by atoms with van der Waals surface area (Å²) in [6.45, 7) is 0.494. The van der Waals surface area contributed by atoms with E-state index in [0.29, 0.717) is 6.54 Å². The van der Waals surface area contributed by atoms with Crippen molar-refractivity contribution in [1.29, 1.82) is 0 Å². The summed E-state index contributed by atoms with van der Waals surface area (Å²) in [4.78, 5) is 17.2. The number of aliphatic imine (C=N–C) groups is 1. The lowest BCUT2D eigenvalue weighted by atomic mass is 10.1. The predicted octanol–water partition coefficient (Wildman–Crippen LogP) is 1.87. The van der Waals surface area contributed by atoms with E-state index < -0.39 is 5.97 Å². The SMILES string of the molecule is O=C(O)C=NCCc1c[nH]c2ccccc12. The summed E-state index contributed by atoms with van der Waals surface area (Å²) >= 11 is 0. The second-order valence-electron chi connectivity index (χ2n) is 3.48. The van der Waals surface area contributed by atoms with Crippen LogP contribution in [-0.2, 0) is 11.2 Å². The Hall–Kier alpha value is -2.10. The molecule has 0 spiro atoms. The summed E-state index contributed by atoms with van der Waals surface area (Å²) < 4.78 is 0. The molecule has 4 heteroatoms. The van der Waals surface area contributed by atoms with Gasteiger partial charge < -0.3 is 10.1 Å². The number of fused-ring (bicyclic) bond motifs is 1. The molecular formula is C12H12N2O2. The lowest BCUT2D eigenvalue weighted by Gasteiger charge is -1.94. The second kappa shape index (κ2) is 4.61. The molecule has 0 saturated heterocycles. The Bertz CT molecular complexity index is 529. The van der Waals surface area contributed by atoms with Crippen molar-refractivity contribution in [2.45, 2.75) is 6.42 Å². The van der Waals surface area contributed by atoms with Gasteiger partial charge in [-0.1, -0.05) is 18.2 Å². The first-order valence-electron chi connectivity index (χ1n) is 5.05. The fraction of sp³-hybridized carbons (Fsp3) is 0.167. The molecule has 82 valence electrons. The molecule has 2 aromatic rings. The number of hydrogen-bond acceptors (Lipinski definition) is 2. The number of aromatic nitrogens is 1. The quantitative estimate of drug-likeness (QED) is 0.766. The molecule has 0 fully saturated rings. The van der Waals surface area contributed by atoms with Gasteiger partial charge in [0.2, 0.25) is 0 Å². The molecule has 1 heterocycles. The van der Waals surface area contributed by atoms with Crippen molar-refractivity contribution in [3.63, 3.8) is 0 Å². The molecule has 0 amide bonds. The Labute approximate surface area is 92.6 Å². The minimum atomic E-state index is -1.00. The van der Waals surface area contributed by atoms with Gasteiger partial charge in [-0.2, -0.15) is 0 Å². The number of nitrogens with zero attached hydrogens (tertiary/aromatic N) is 1. The standard InChI is InChI=1S/C12H12N2O2/c15-12(16)8-13-6-5-9-7-14-11-4-2-1-3-10(9)11/h1-4,7-8,14H,5-6H2,(H,15,16). The van der Waals surface area contributed by atoms with Gasteiger partial charge in [0, 0.05) is 23.6 Å². The number of benzene rings is 1. The van der Waals surface area contributed by atoms with Gasteiger partial charge in [0.25, 0.3) is 0 Å². The lowest BCUT2D eigenvalue weighted by Crippen LogP contribution is -1.97. The van der Waals surface area contributed by atoms with Gasteiger partial charge in [-0.15, -0.1) is 0 Å². The summed E-state index contributed by atoms with van der Waals surface area (Å²) in [5.74, 6) is -1.00. The number of carbonyl (C=O) groups is 1. The molecular weight excluding hydrogens is 204 g/mol. The number of para-hydroxylation sites is 1. The van der Waals surface area contributed by atoms with E-state index in [1.165, 1.54) is 5.39 Å². The Morgan fingerprint density at radius 1 is 1.44 bits per heavy atom. The smallest absolute Gasteiger partial charge is 0.346 e. The van der Waals surface area contributed by atoms with E-state index >= 15 is 0 Å². The molecule has 0 unspecified atom stereocenters. The van der Waals surface area contributed by atoms with Crippen LogP contribution in [0.2, 0.25) is 0 Å². The zero-order chi connectivity index (χ0) is 11.4. The van der Waals surface area contributed by atoms with Gasteiger partial charge in [-0.3, -0.25) is 4.99 Å². The Morgan fingerprint density at radius 2 is 2.25 bits per heavy atom. The summed E-state index contributed by atoms with van der Waals surface area (Å²) in [6.07, 6.45) is 3.63. The normalized spacial score (nSPS) is 11.2. The van der Waals surface area contributed by atoms with Crippen LogP contribution < -0.4 is 0 Å². The van der Waals surface area contributed by atoms with Gasteiger partial charge >= 0.3 is 5.97 Å². The molecule has 0 aliphatic rings. The maximum Gasteiger partial charge on any atom is 0.346 e. The molecule has 16 heavy (non-hydrogen) atoms. The van der Waals surface area contributed by atoms with Crippen molar-refractivity contribution < 1.29 is 9.90 Å². The zero-order valence-corrected chi connectivity index (χ0v) is 8.68. The summed E-state index contributed by atoms with van der Waals surface area (Å²) in [5.41, 5.74) is 2.26. The topological polar surface area (TPSA) is 65.4 Å². The van der Waals surface area contributed by atoms with E-state index in [0.717, 1.165) is 23.7 Å². The number of carboxylic acids is 1. The molecule has 2 N–H and O–H groups in total. The van der Waals surface area contributed by atoms with Crippen molar-refractivity contribution in [1.82, 2.24) is 4.98 Å². The van der Waals surface area contributed by atoms with Crippen LogP contribution in [0.4, 0.5) is 0 Å². The van der Waals surface area contributed by atoms with Gasteiger partial charge in [-0.25, -0.2) is 4.79 Å². The van der Waals surface area contributed by atoms with Crippen LogP contribution in [0.15, 0.2) is 35.5 Å². The van der Waals surface area contributed by atoms with Gasteiger partial charge in [-0.05, 0) is 18.1 Å². The van der Waals surface area contributed by atoms with Crippen molar-refractivity contribution in [2.24, 2.45) is 4.99 Å². The number of nitrogens with one attached hydrogen (secondary N) is 1. The van der Waals surface area contributed by atoms with Crippen molar-refractivity contribution in [2.75, 3.05) is 6.54 Å². The highest BCUT2D eigenvalue weighted by molar-refractivity contribution is 6.21. The Morgan fingerprint density at radius 3 is 3.06 bits per heavy atom. The number of rotatable bonds is 4. The van der Waals surface area contributed by atoms with E-state index in [1.54, 1.807) is 0 Å².